The number of hydrogen-bond donors (Lipinski definition) is 0. The summed E-state index contributed by atoms with van der Waals surface area (Å²) in [6.07, 6.45) is 9.01. The monoisotopic (exact) mass is 224 g/mol. The Balaban J connectivity index is 3.05. The Hall–Kier alpha value is -0.970. The molecule has 0 spiro atoms. The smallest absolute Gasteiger partial charge is 0.302 e. The van der Waals surface area contributed by atoms with Gasteiger partial charge in [-0.3, -0.25) is 4.79 Å². The molecule has 0 aromatic rings. The molecular weight excluding hydrogens is 200 g/mol. The van der Waals surface area contributed by atoms with Crippen LogP contribution in [0.4, 0.5) is 0 Å². The fourth-order valence-corrected chi connectivity index (χ4v) is 1.36. The fraction of sp³-hybridized carbons (Fsp3) is 0.786. The maximum absolute atomic E-state index is 10.5. The Morgan fingerprint density at radius 3 is 2.31 bits per heavy atom. The highest BCUT2D eigenvalue weighted by Crippen LogP contribution is 2.05. The summed E-state index contributed by atoms with van der Waals surface area (Å²) >= 11 is 0. The van der Waals surface area contributed by atoms with Gasteiger partial charge in [-0.1, -0.05) is 26.2 Å². The summed E-state index contributed by atoms with van der Waals surface area (Å²) < 4.78 is 4.85. The van der Waals surface area contributed by atoms with Gasteiger partial charge in [0.25, 0.3) is 0 Å². The molecule has 0 aromatic carbocycles. The van der Waals surface area contributed by atoms with Gasteiger partial charge in [0.2, 0.25) is 0 Å². The zero-order valence-corrected chi connectivity index (χ0v) is 10.7. The minimum absolute atomic E-state index is 0.175. The van der Waals surface area contributed by atoms with Crippen LogP contribution in [0, 0.1) is 11.8 Å². The lowest BCUT2D eigenvalue weighted by Crippen LogP contribution is -1.99. The number of unbranched alkanes of at least 4 members (excludes halogenated alkanes) is 6. The third kappa shape index (κ3) is 13.0. The van der Waals surface area contributed by atoms with Crippen LogP contribution in [-0.2, 0) is 9.53 Å². The van der Waals surface area contributed by atoms with E-state index in [1.165, 1.54) is 26.2 Å². The lowest BCUT2D eigenvalue weighted by Gasteiger charge is -2.01. The Labute approximate surface area is 99.8 Å². The van der Waals surface area contributed by atoms with E-state index in [2.05, 4.69) is 18.8 Å². The lowest BCUT2D eigenvalue weighted by atomic mass is 10.1. The molecule has 0 aliphatic rings. The first kappa shape index (κ1) is 15.0. The van der Waals surface area contributed by atoms with E-state index < -0.39 is 0 Å². The topological polar surface area (TPSA) is 26.3 Å². The van der Waals surface area contributed by atoms with Gasteiger partial charge in [-0.25, -0.2) is 0 Å². The maximum atomic E-state index is 10.5. The lowest BCUT2D eigenvalue weighted by molar-refractivity contribution is -0.141. The molecule has 0 rings (SSSR count). The SMILES string of the molecule is CCCC#CCCCCCCCOC(C)=O. The molecule has 0 heterocycles. The number of carbonyl (C=O) groups is 1. The van der Waals surface area contributed by atoms with Gasteiger partial charge in [-0.05, 0) is 19.3 Å². The molecule has 2 nitrogen and oxygen atoms in total. The Morgan fingerprint density at radius 2 is 1.62 bits per heavy atom. The van der Waals surface area contributed by atoms with E-state index in [9.17, 15) is 4.79 Å². The highest BCUT2D eigenvalue weighted by atomic mass is 16.5. The standard InChI is InChI=1S/C14H24O2/c1-3-4-5-6-7-8-9-10-11-12-13-16-14(2)15/h3-4,7-13H2,1-2H3. The van der Waals surface area contributed by atoms with E-state index >= 15 is 0 Å². The number of esters is 1. The van der Waals surface area contributed by atoms with Crippen molar-refractivity contribution in [1.29, 1.82) is 0 Å². The van der Waals surface area contributed by atoms with Crippen LogP contribution in [0.5, 0.6) is 0 Å². The molecule has 0 fully saturated rings. The summed E-state index contributed by atoms with van der Waals surface area (Å²) in [5.74, 6) is 6.16. The quantitative estimate of drug-likeness (QED) is 0.357. The number of ether oxygens (including phenoxy) is 1. The minimum Gasteiger partial charge on any atom is -0.466 e. The first-order chi connectivity index (χ1) is 7.77. The third-order valence-electron chi connectivity index (χ3n) is 2.25. The van der Waals surface area contributed by atoms with Crippen LogP contribution in [0.3, 0.4) is 0 Å². The molecule has 0 amide bonds. The normalized spacial score (nSPS) is 9.38. The summed E-state index contributed by atoms with van der Waals surface area (Å²) in [7, 11) is 0. The zero-order valence-electron chi connectivity index (χ0n) is 10.7. The number of hydrogen-bond acceptors (Lipinski definition) is 2. The molecular formula is C14H24O2. The van der Waals surface area contributed by atoms with Crippen molar-refractivity contribution in [3.63, 3.8) is 0 Å². The molecule has 0 aliphatic carbocycles. The van der Waals surface area contributed by atoms with E-state index in [1.807, 2.05) is 0 Å². The minimum atomic E-state index is -0.175. The Morgan fingerprint density at radius 1 is 1.00 bits per heavy atom. The van der Waals surface area contributed by atoms with Crippen molar-refractivity contribution in [3.8, 4) is 11.8 Å². The van der Waals surface area contributed by atoms with Crippen molar-refractivity contribution >= 4 is 5.97 Å². The van der Waals surface area contributed by atoms with Crippen LogP contribution in [0.1, 0.15) is 65.2 Å². The van der Waals surface area contributed by atoms with Gasteiger partial charge >= 0.3 is 5.97 Å². The molecule has 0 aromatic heterocycles. The van der Waals surface area contributed by atoms with Gasteiger partial charge in [-0.15, -0.1) is 11.8 Å². The van der Waals surface area contributed by atoms with Gasteiger partial charge in [0.15, 0.2) is 0 Å². The molecule has 2 heteroatoms. The molecule has 0 atom stereocenters. The van der Waals surface area contributed by atoms with Gasteiger partial charge < -0.3 is 4.74 Å². The molecule has 0 saturated carbocycles. The largest absolute Gasteiger partial charge is 0.466 e. The van der Waals surface area contributed by atoms with Gasteiger partial charge in [0, 0.05) is 19.8 Å². The first-order valence-electron chi connectivity index (χ1n) is 6.36. The van der Waals surface area contributed by atoms with E-state index in [4.69, 9.17) is 4.74 Å². The summed E-state index contributed by atoms with van der Waals surface area (Å²) in [6.45, 7) is 4.18. The molecule has 0 saturated heterocycles. The van der Waals surface area contributed by atoms with Crippen molar-refractivity contribution in [2.24, 2.45) is 0 Å². The van der Waals surface area contributed by atoms with E-state index in [-0.39, 0.29) is 5.97 Å². The van der Waals surface area contributed by atoms with Crippen LogP contribution in [-0.4, -0.2) is 12.6 Å². The Kier molecular flexibility index (Phi) is 11.4. The average Bonchev–Trinajstić information content (AvgIpc) is 2.25. The van der Waals surface area contributed by atoms with Gasteiger partial charge in [0.05, 0.1) is 6.61 Å². The number of carbonyl (C=O) groups excluding carboxylic acids is 1. The van der Waals surface area contributed by atoms with Crippen LogP contribution in [0.25, 0.3) is 0 Å². The highest BCUT2D eigenvalue weighted by Gasteiger charge is 1.93. The van der Waals surface area contributed by atoms with E-state index in [0.717, 1.165) is 32.1 Å². The number of rotatable bonds is 8. The van der Waals surface area contributed by atoms with Crippen LogP contribution in [0.2, 0.25) is 0 Å². The molecule has 0 unspecified atom stereocenters. The first-order valence-corrected chi connectivity index (χ1v) is 6.36. The predicted molar refractivity (Wildman–Crippen MR) is 67.0 cm³/mol. The summed E-state index contributed by atoms with van der Waals surface area (Å²) in [4.78, 5) is 10.5. The molecule has 0 radical (unpaired) electrons. The summed E-state index contributed by atoms with van der Waals surface area (Å²) in [6, 6.07) is 0. The third-order valence-corrected chi connectivity index (χ3v) is 2.25. The Bertz CT molecular complexity index is 223. The summed E-state index contributed by atoms with van der Waals surface area (Å²) in [5, 5.41) is 0. The highest BCUT2D eigenvalue weighted by molar-refractivity contribution is 5.65. The van der Waals surface area contributed by atoms with Crippen molar-refractivity contribution in [1.82, 2.24) is 0 Å². The summed E-state index contributed by atoms with van der Waals surface area (Å²) in [5.41, 5.74) is 0. The molecule has 0 bridgehead atoms. The van der Waals surface area contributed by atoms with Crippen LogP contribution in [0.15, 0.2) is 0 Å². The van der Waals surface area contributed by atoms with Crippen molar-refractivity contribution in [2.45, 2.75) is 65.2 Å². The van der Waals surface area contributed by atoms with Crippen molar-refractivity contribution < 1.29 is 9.53 Å². The average molecular weight is 224 g/mol. The molecule has 92 valence electrons. The van der Waals surface area contributed by atoms with Crippen LogP contribution < -0.4 is 0 Å². The van der Waals surface area contributed by atoms with Gasteiger partial charge in [-0.2, -0.15) is 0 Å². The molecule has 16 heavy (non-hydrogen) atoms. The van der Waals surface area contributed by atoms with E-state index in [1.54, 1.807) is 0 Å². The second-order valence-electron chi connectivity index (χ2n) is 3.96. The molecule has 0 N–H and O–H groups in total. The zero-order chi connectivity index (χ0) is 12.1. The fourth-order valence-electron chi connectivity index (χ4n) is 1.36. The van der Waals surface area contributed by atoms with Crippen molar-refractivity contribution in [2.75, 3.05) is 6.61 Å². The second-order valence-corrected chi connectivity index (χ2v) is 3.96. The van der Waals surface area contributed by atoms with Crippen LogP contribution >= 0.6 is 0 Å². The van der Waals surface area contributed by atoms with Gasteiger partial charge in [0.1, 0.15) is 0 Å². The maximum Gasteiger partial charge on any atom is 0.302 e. The van der Waals surface area contributed by atoms with E-state index in [0.29, 0.717) is 6.61 Å². The van der Waals surface area contributed by atoms with Crippen molar-refractivity contribution in [3.05, 3.63) is 0 Å². The molecule has 0 aliphatic heterocycles. The predicted octanol–water partition coefficient (Wildman–Crippen LogP) is 3.69. The second kappa shape index (κ2) is 12.1.